The van der Waals surface area contributed by atoms with Gasteiger partial charge in [-0.2, -0.15) is 0 Å². The molecule has 1 N–H and O–H groups in total. The highest BCUT2D eigenvalue weighted by molar-refractivity contribution is 5.82. The molecule has 5 nitrogen and oxygen atoms in total. The van der Waals surface area contributed by atoms with Crippen LogP contribution in [0.4, 0.5) is 9.18 Å². The average Bonchev–Trinajstić information content (AvgIpc) is 3.12. The maximum atomic E-state index is 14.9. The Morgan fingerprint density at radius 3 is 2.11 bits per heavy atom. The predicted molar refractivity (Wildman–Crippen MR) is 102 cm³/mol. The van der Waals surface area contributed by atoms with Gasteiger partial charge in [0.15, 0.2) is 0 Å². The summed E-state index contributed by atoms with van der Waals surface area (Å²) < 4.78 is 20.4. The number of benzene rings is 2. The van der Waals surface area contributed by atoms with Gasteiger partial charge in [0, 0.05) is 17.9 Å². The van der Waals surface area contributed by atoms with Gasteiger partial charge in [0.1, 0.15) is 6.61 Å². The van der Waals surface area contributed by atoms with Crippen LogP contribution in [-0.2, 0) is 9.53 Å². The number of likely N-dealkylation sites (tertiary alicyclic amines) is 1. The van der Waals surface area contributed by atoms with E-state index < -0.39 is 29.7 Å². The Morgan fingerprint density at radius 2 is 1.61 bits per heavy atom. The fraction of sp³-hybridized carbons (Fsp3) is 0.364. The van der Waals surface area contributed by atoms with E-state index in [0.717, 1.165) is 27.2 Å². The van der Waals surface area contributed by atoms with Gasteiger partial charge in [-0.05, 0) is 22.3 Å². The SMILES string of the molecule is CC1(C)CN(C(=O)OCC2c3ccccc3-c3ccccc32)CC1(F)C(=O)O. The van der Waals surface area contributed by atoms with Crippen LogP contribution in [0.2, 0.25) is 0 Å². The van der Waals surface area contributed by atoms with E-state index in [9.17, 15) is 19.1 Å². The number of aliphatic carboxylic acids is 1. The van der Waals surface area contributed by atoms with E-state index in [1.54, 1.807) is 0 Å². The van der Waals surface area contributed by atoms with E-state index in [1.165, 1.54) is 13.8 Å². The lowest BCUT2D eigenvalue weighted by atomic mass is 9.79. The molecule has 0 aromatic heterocycles. The molecule has 0 spiro atoms. The number of hydrogen-bond donors (Lipinski definition) is 1. The number of alkyl halides is 1. The third-order valence-electron chi connectivity index (χ3n) is 6.00. The summed E-state index contributed by atoms with van der Waals surface area (Å²) in [5.41, 5.74) is 0.737. The van der Waals surface area contributed by atoms with Gasteiger partial charge in [0.2, 0.25) is 5.67 Å². The fourth-order valence-electron chi connectivity index (χ4n) is 4.31. The molecule has 28 heavy (non-hydrogen) atoms. The van der Waals surface area contributed by atoms with Gasteiger partial charge >= 0.3 is 12.1 Å². The number of carboxylic acids is 1. The Morgan fingerprint density at radius 1 is 1.07 bits per heavy atom. The fourth-order valence-corrected chi connectivity index (χ4v) is 4.31. The number of carbonyl (C=O) groups excluding carboxylic acids is 1. The number of halogens is 1. The van der Waals surface area contributed by atoms with Gasteiger partial charge in [0.05, 0.1) is 6.54 Å². The molecule has 146 valence electrons. The van der Waals surface area contributed by atoms with Gasteiger partial charge < -0.3 is 14.7 Å². The number of amides is 1. The maximum Gasteiger partial charge on any atom is 0.409 e. The van der Waals surface area contributed by atoms with E-state index in [-0.39, 0.29) is 19.1 Å². The van der Waals surface area contributed by atoms with Gasteiger partial charge in [-0.1, -0.05) is 62.4 Å². The monoisotopic (exact) mass is 383 g/mol. The molecule has 1 heterocycles. The summed E-state index contributed by atoms with van der Waals surface area (Å²) in [4.78, 5) is 25.1. The zero-order valence-corrected chi connectivity index (χ0v) is 15.8. The standard InChI is InChI=1S/C22H22FNO4/c1-21(2)12-24(13-22(21,23)19(25)26)20(27)28-11-18-16-9-5-3-7-14(16)15-8-4-6-10-17(15)18/h3-10,18H,11-13H2,1-2H3,(H,25,26). The van der Waals surface area contributed by atoms with Crippen molar-refractivity contribution in [1.29, 1.82) is 0 Å². The summed E-state index contributed by atoms with van der Waals surface area (Å²) >= 11 is 0. The first-order chi connectivity index (χ1) is 13.2. The van der Waals surface area contributed by atoms with Crippen molar-refractivity contribution in [3.8, 4) is 11.1 Å². The van der Waals surface area contributed by atoms with E-state index in [0.29, 0.717) is 0 Å². The quantitative estimate of drug-likeness (QED) is 0.868. The summed E-state index contributed by atoms with van der Waals surface area (Å²) in [6.45, 7) is 2.63. The van der Waals surface area contributed by atoms with Crippen LogP contribution in [0.1, 0.15) is 30.9 Å². The van der Waals surface area contributed by atoms with Crippen LogP contribution in [0, 0.1) is 5.41 Å². The minimum absolute atomic E-state index is 0.00747. The average molecular weight is 383 g/mol. The summed E-state index contributed by atoms with van der Waals surface area (Å²) in [7, 11) is 0. The maximum absolute atomic E-state index is 14.9. The molecule has 6 heteroatoms. The van der Waals surface area contributed by atoms with Gasteiger partial charge in [0.25, 0.3) is 0 Å². The molecule has 1 amide bonds. The molecule has 2 aromatic rings. The molecule has 2 aromatic carbocycles. The second kappa shape index (κ2) is 6.33. The Balaban J connectivity index is 1.51. The Kier molecular flexibility index (Phi) is 4.17. The van der Waals surface area contributed by atoms with Crippen LogP contribution in [0.15, 0.2) is 48.5 Å². The normalized spacial score (nSPS) is 22.6. The smallest absolute Gasteiger partial charge is 0.409 e. The van der Waals surface area contributed by atoms with Crippen molar-refractivity contribution in [2.24, 2.45) is 5.41 Å². The number of fused-ring (bicyclic) bond motifs is 3. The first kappa shape index (κ1) is 18.5. The number of ether oxygens (including phenoxy) is 1. The number of rotatable bonds is 3. The highest BCUT2D eigenvalue weighted by atomic mass is 19.1. The van der Waals surface area contributed by atoms with Gasteiger partial charge in [-0.25, -0.2) is 14.0 Å². The summed E-state index contributed by atoms with van der Waals surface area (Å²) in [5.74, 6) is -1.65. The molecular formula is C22H22FNO4. The van der Waals surface area contributed by atoms with E-state index >= 15 is 0 Å². The molecule has 4 rings (SSSR count). The van der Waals surface area contributed by atoms with Crippen LogP contribution in [-0.4, -0.2) is 47.4 Å². The third kappa shape index (κ3) is 2.66. The molecule has 0 radical (unpaired) electrons. The molecule has 1 atom stereocenters. The van der Waals surface area contributed by atoms with E-state index in [4.69, 9.17) is 4.74 Å². The lowest BCUT2D eigenvalue weighted by Crippen LogP contribution is -2.47. The third-order valence-corrected chi connectivity index (χ3v) is 6.00. The summed E-state index contributed by atoms with van der Waals surface area (Å²) in [5, 5.41) is 9.27. The van der Waals surface area contributed by atoms with Crippen LogP contribution < -0.4 is 0 Å². The molecule has 0 saturated carbocycles. The van der Waals surface area contributed by atoms with Crippen molar-refractivity contribution in [3.05, 3.63) is 59.7 Å². The second-order valence-electron chi connectivity index (χ2n) is 8.15. The minimum Gasteiger partial charge on any atom is -0.479 e. The Hall–Kier alpha value is -2.89. The molecule has 1 fully saturated rings. The van der Waals surface area contributed by atoms with Crippen molar-refractivity contribution >= 4 is 12.1 Å². The van der Waals surface area contributed by atoms with Gasteiger partial charge in [-0.15, -0.1) is 0 Å². The zero-order valence-electron chi connectivity index (χ0n) is 15.8. The van der Waals surface area contributed by atoms with Crippen molar-refractivity contribution in [3.63, 3.8) is 0 Å². The molecule has 0 bridgehead atoms. The Bertz CT molecular complexity index is 912. The van der Waals surface area contributed by atoms with Crippen LogP contribution in [0.3, 0.4) is 0 Å². The molecule has 1 aliphatic carbocycles. The van der Waals surface area contributed by atoms with Crippen LogP contribution in [0.5, 0.6) is 0 Å². The number of carbonyl (C=O) groups is 2. The number of nitrogens with zero attached hydrogens (tertiary/aromatic N) is 1. The first-order valence-corrected chi connectivity index (χ1v) is 9.27. The predicted octanol–water partition coefficient (Wildman–Crippen LogP) is 4.07. The Labute approximate surface area is 162 Å². The lowest BCUT2D eigenvalue weighted by Gasteiger charge is -2.27. The van der Waals surface area contributed by atoms with E-state index in [2.05, 4.69) is 0 Å². The number of carboxylic acid groups (broad SMARTS) is 1. The molecule has 2 aliphatic rings. The topological polar surface area (TPSA) is 66.8 Å². The van der Waals surface area contributed by atoms with E-state index in [1.807, 2.05) is 48.5 Å². The van der Waals surface area contributed by atoms with Crippen LogP contribution >= 0.6 is 0 Å². The van der Waals surface area contributed by atoms with Gasteiger partial charge in [-0.3, -0.25) is 0 Å². The molecule has 1 aliphatic heterocycles. The minimum atomic E-state index is -2.49. The molecule has 1 unspecified atom stereocenters. The largest absolute Gasteiger partial charge is 0.479 e. The second-order valence-corrected chi connectivity index (χ2v) is 8.15. The highest BCUT2D eigenvalue weighted by Crippen LogP contribution is 2.45. The van der Waals surface area contributed by atoms with Crippen molar-refractivity contribution in [1.82, 2.24) is 4.90 Å². The number of hydrogen-bond acceptors (Lipinski definition) is 3. The summed E-state index contributed by atoms with van der Waals surface area (Å²) in [6, 6.07) is 16.0. The zero-order chi connectivity index (χ0) is 20.1. The summed E-state index contributed by atoms with van der Waals surface area (Å²) in [6.07, 6.45) is -0.685. The molecular weight excluding hydrogens is 361 g/mol. The van der Waals surface area contributed by atoms with Crippen molar-refractivity contribution < 1.29 is 23.8 Å². The first-order valence-electron chi connectivity index (χ1n) is 9.27. The van der Waals surface area contributed by atoms with Crippen molar-refractivity contribution in [2.45, 2.75) is 25.4 Å². The highest BCUT2D eigenvalue weighted by Gasteiger charge is 2.60. The molecule has 1 saturated heterocycles. The lowest BCUT2D eigenvalue weighted by molar-refractivity contribution is -0.155. The van der Waals surface area contributed by atoms with Crippen molar-refractivity contribution in [2.75, 3.05) is 19.7 Å². The van der Waals surface area contributed by atoms with Crippen LogP contribution in [0.25, 0.3) is 11.1 Å².